The number of aromatic nitrogens is 2. The molecule has 1 aliphatic rings. The number of carboxylic acid groups (broad SMARTS) is 1. The summed E-state index contributed by atoms with van der Waals surface area (Å²) in [4.78, 5) is 45.3. The smallest absolute Gasteiger partial charge is 0.410 e. The summed E-state index contributed by atoms with van der Waals surface area (Å²) in [5.41, 5.74) is 0.439. The lowest BCUT2D eigenvalue weighted by Gasteiger charge is -2.27. The van der Waals surface area contributed by atoms with E-state index >= 15 is 0 Å². The first-order valence-corrected chi connectivity index (χ1v) is 10.2. The van der Waals surface area contributed by atoms with Crippen molar-refractivity contribution in [3.63, 3.8) is 0 Å². The van der Waals surface area contributed by atoms with Gasteiger partial charge in [0.05, 0.1) is 18.2 Å². The van der Waals surface area contributed by atoms with Crippen LogP contribution in [0, 0.1) is 0 Å². The fraction of sp³-hybridized carbons (Fsp3) is 0.455. The van der Waals surface area contributed by atoms with Crippen LogP contribution in [0.1, 0.15) is 73.2 Å². The second-order valence-corrected chi connectivity index (χ2v) is 8.28. The minimum atomic E-state index is -1.16. The summed E-state index contributed by atoms with van der Waals surface area (Å²) in [5.74, 6) is -1.22. The van der Waals surface area contributed by atoms with Crippen LogP contribution in [-0.4, -0.2) is 56.8 Å². The number of aromatic amines is 1. The number of hydrogen-bond donors (Lipinski definition) is 2. The Bertz CT molecular complexity index is 974. The Morgan fingerprint density at radius 1 is 1.23 bits per heavy atom. The van der Waals surface area contributed by atoms with Crippen LogP contribution >= 0.6 is 0 Å². The minimum absolute atomic E-state index is 0.0741. The van der Waals surface area contributed by atoms with E-state index < -0.39 is 29.7 Å². The third kappa shape index (κ3) is 5.04. The van der Waals surface area contributed by atoms with Gasteiger partial charge in [-0.05, 0) is 52.7 Å². The highest BCUT2D eigenvalue weighted by molar-refractivity contribution is 5.94. The highest BCUT2D eigenvalue weighted by atomic mass is 16.6. The number of likely N-dealkylation sites (tertiary alicyclic amines) is 1. The van der Waals surface area contributed by atoms with E-state index in [2.05, 4.69) is 9.97 Å². The number of nitrogens with one attached hydrogen (secondary N) is 1. The van der Waals surface area contributed by atoms with E-state index in [1.165, 1.54) is 0 Å². The average molecular weight is 429 g/mol. The molecule has 1 fully saturated rings. The number of carboxylic acids is 1. The number of amides is 1. The highest BCUT2D eigenvalue weighted by Crippen LogP contribution is 2.34. The van der Waals surface area contributed by atoms with E-state index in [4.69, 9.17) is 9.47 Å². The van der Waals surface area contributed by atoms with Crippen molar-refractivity contribution in [2.75, 3.05) is 13.2 Å². The molecule has 0 saturated carbocycles. The van der Waals surface area contributed by atoms with Gasteiger partial charge in [0.15, 0.2) is 5.69 Å². The van der Waals surface area contributed by atoms with Gasteiger partial charge in [0.2, 0.25) is 0 Å². The fourth-order valence-electron chi connectivity index (χ4n) is 3.48. The summed E-state index contributed by atoms with van der Waals surface area (Å²) in [6, 6.07) is 5.98. The number of esters is 1. The first kappa shape index (κ1) is 22.3. The second-order valence-electron chi connectivity index (χ2n) is 8.28. The van der Waals surface area contributed by atoms with Crippen LogP contribution in [0.25, 0.3) is 11.3 Å². The predicted octanol–water partition coefficient (Wildman–Crippen LogP) is 4.02. The molecule has 1 aliphatic heterocycles. The minimum Gasteiger partial charge on any atom is -0.477 e. The Labute approximate surface area is 180 Å². The van der Waals surface area contributed by atoms with Crippen LogP contribution in [0.2, 0.25) is 0 Å². The molecule has 0 unspecified atom stereocenters. The summed E-state index contributed by atoms with van der Waals surface area (Å²) in [6.45, 7) is 7.88. The van der Waals surface area contributed by atoms with E-state index in [-0.39, 0.29) is 18.0 Å². The molecule has 9 nitrogen and oxygen atoms in total. The van der Waals surface area contributed by atoms with Crippen molar-refractivity contribution in [1.82, 2.24) is 14.9 Å². The number of ether oxygens (including phenoxy) is 2. The van der Waals surface area contributed by atoms with Crippen molar-refractivity contribution in [2.24, 2.45) is 0 Å². The molecule has 9 heteroatoms. The Morgan fingerprint density at radius 2 is 1.90 bits per heavy atom. The molecular weight excluding hydrogens is 402 g/mol. The number of carbonyl (C=O) groups excluding carboxylic acids is 2. The van der Waals surface area contributed by atoms with Gasteiger partial charge in [-0.25, -0.2) is 19.4 Å². The molecular formula is C22H27N3O6. The normalized spacial score (nSPS) is 16.3. The van der Waals surface area contributed by atoms with E-state index in [1.807, 2.05) is 0 Å². The highest BCUT2D eigenvalue weighted by Gasteiger charge is 2.36. The molecule has 0 spiro atoms. The Morgan fingerprint density at radius 3 is 2.48 bits per heavy atom. The molecule has 166 valence electrons. The molecule has 1 amide bonds. The van der Waals surface area contributed by atoms with E-state index in [0.29, 0.717) is 29.9 Å². The van der Waals surface area contributed by atoms with Gasteiger partial charge < -0.3 is 19.6 Å². The average Bonchev–Trinajstić information content (AvgIpc) is 3.34. The number of benzene rings is 1. The van der Waals surface area contributed by atoms with Gasteiger partial charge in [0.25, 0.3) is 0 Å². The van der Waals surface area contributed by atoms with Gasteiger partial charge in [-0.3, -0.25) is 4.90 Å². The lowest BCUT2D eigenvalue weighted by Crippen LogP contribution is -2.36. The fourth-order valence-corrected chi connectivity index (χ4v) is 3.48. The van der Waals surface area contributed by atoms with Gasteiger partial charge in [-0.15, -0.1) is 0 Å². The molecule has 1 saturated heterocycles. The molecule has 0 radical (unpaired) electrons. The third-order valence-corrected chi connectivity index (χ3v) is 4.80. The maximum absolute atomic E-state index is 12.6. The van der Waals surface area contributed by atoms with Crippen LogP contribution in [-0.2, 0) is 9.47 Å². The molecule has 0 bridgehead atoms. The molecule has 0 aliphatic carbocycles. The molecule has 1 aromatic heterocycles. The first-order chi connectivity index (χ1) is 14.6. The predicted molar refractivity (Wildman–Crippen MR) is 112 cm³/mol. The molecule has 2 N–H and O–H groups in total. The number of hydrogen-bond acceptors (Lipinski definition) is 6. The summed E-state index contributed by atoms with van der Waals surface area (Å²) in [7, 11) is 0. The molecule has 1 aromatic carbocycles. The summed E-state index contributed by atoms with van der Waals surface area (Å²) in [5, 5.41) is 9.67. The van der Waals surface area contributed by atoms with Crippen molar-refractivity contribution in [1.29, 1.82) is 0 Å². The van der Waals surface area contributed by atoms with Gasteiger partial charge in [0.1, 0.15) is 17.1 Å². The van der Waals surface area contributed by atoms with Crippen molar-refractivity contribution in [2.45, 2.75) is 52.2 Å². The Balaban J connectivity index is 1.91. The van der Waals surface area contributed by atoms with Gasteiger partial charge in [-0.2, -0.15) is 0 Å². The number of imidazole rings is 1. The standard InChI is InChI=1S/C22H27N3O6/c1-5-30-20(28)14-10-8-13(9-11-14)16-17(19(26)27)24-18(23-16)15-7-6-12-25(15)21(29)31-22(2,3)4/h8-11,15H,5-7,12H2,1-4H3,(H,23,24)(H,26,27)/t15-/m0/s1. The lowest BCUT2D eigenvalue weighted by atomic mass is 10.1. The Hall–Kier alpha value is -3.36. The van der Waals surface area contributed by atoms with Gasteiger partial charge in [0, 0.05) is 12.1 Å². The monoisotopic (exact) mass is 429 g/mol. The van der Waals surface area contributed by atoms with Gasteiger partial charge in [-0.1, -0.05) is 12.1 Å². The largest absolute Gasteiger partial charge is 0.477 e. The second kappa shape index (κ2) is 8.79. The number of aromatic carboxylic acids is 1. The molecule has 2 heterocycles. The zero-order chi connectivity index (χ0) is 22.8. The molecule has 2 aromatic rings. The van der Waals surface area contributed by atoms with Crippen molar-refractivity contribution in [3.8, 4) is 11.3 Å². The van der Waals surface area contributed by atoms with E-state index in [1.54, 1.807) is 56.9 Å². The summed E-state index contributed by atoms with van der Waals surface area (Å²) in [6.07, 6.45) is 0.951. The number of nitrogens with zero attached hydrogens (tertiary/aromatic N) is 2. The summed E-state index contributed by atoms with van der Waals surface area (Å²) >= 11 is 0. The molecule has 31 heavy (non-hydrogen) atoms. The molecule has 1 atom stereocenters. The third-order valence-electron chi connectivity index (χ3n) is 4.80. The number of rotatable bonds is 5. The van der Waals surface area contributed by atoms with Crippen molar-refractivity contribution in [3.05, 3.63) is 41.3 Å². The number of carbonyl (C=O) groups is 3. The zero-order valence-corrected chi connectivity index (χ0v) is 18.1. The quantitative estimate of drug-likeness (QED) is 0.688. The topological polar surface area (TPSA) is 122 Å². The maximum Gasteiger partial charge on any atom is 0.410 e. The number of H-pyrrole nitrogens is 1. The van der Waals surface area contributed by atoms with Crippen LogP contribution in [0.4, 0.5) is 4.79 Å². The van der Waals surface area contributed by atoms with E-state index in [0.717, 1.165) is 6.42 Å². The first-order valence-electron chi connectivity index (χ1n) is 10.2. The van der Waals surface area contributed by atoms with Crippen LogP contribution in [0.5, 0.6) is 0 Å². The SMILES string of the molecule is CCOC(=O)c1ccc(-c2nc([C@@H]3CCCN3C(=O)OC(C)(C)C)[nH]c2C(=O)O)cc1. The van der Waals surface area contributed by atoms with Crippen LogP contribution < -0.4 is 0 Å². The molecule has 3 rings (SSSR count). The summed E-state index contributed by atoms with van der Waals surface area (Å²) < 4.78 is 10.5. The van der Waals surface area contributed by atoms with Crippen LogP contribution in [0.3, 0.4) is 0 Å². The zero-order valence-electron chi connectivity index (χ0n) is 18.1. The maximum atomic E-state index is 12.6. The van der Waals surface area contributed by atoms with E-state index in [9.17, 15) is 19.5 Å². The lowest BCUT2D eigenvalue weighted by molar-refractivity contribution is 0.0218. The van der Waals surface area contributed by atoms with Gasteiger partial charge >= 0.3 is 18.0 Å². The Kier molecular flexibility index (Phi) is 6.33. The van der Waals surface area contributed by atoms with Crippen molar-refractivity contribution < 1.29 is 29.0 Å². The van der Waals surface area contributed by atoms with Crippen LogP contribution in [0.15, 0.2) is 24.3 Å². The van der Waals surface area contributed by atoms with Crippen molar-refractivity contribution >= 4 is 18.0 Å².